The number of rotatable bonds is 8. The minimum absolute atomic E-state index is 0.0928. The summed E-state index contributed by atoms with van der Waals surface area (Å²) in [4.78, 5) is 0.415. The highest BCUT2D eigenvalue weighted by Gasteiger charge is 2.27. The minimum Gasteiger partial charge on any atom is -0.356 e. The molecule has 3 aromatic carbocycles. The Balaban J connectivity index is 1.95. The predicted octanol–water partition coefficient (Wildman–Crippen LogP) is 7.60. The van der Waals surface area contributed by atoms with Gasteiger partial charge in [0.25, 0.3) is 10.0 Å². The molecular weight excluding hydrogens is 416 g/mol. The summed E-state index contributed by atoms with van der Waals surface area (Å²) in [6.45, 7) is 12.5. The lowest BCUT2D eigenvalue weighted by atomic mass is 9.89. The highest BCUT2D eigenvalue weighted by atomic mass is 32.2. The zero-order valence-corrected chi connectivity index (χ0v) is 20.6. The Kier molecular flexibility index (Phi) is 7.29. The lowest BCUT2D eigenvalue weighted by Crippen LogP contribution is -2.19. The number of hydrogen-bond donors (Lipinski definition) is 2. The fourth-order valence-electron chi connectivity index (χ4n) is 3.72. The second kappa shape index (κ2) is 9.78. The molecule has 4 nitrogen and oxygen atoms in total. The molecule has 32 heavy (non-hydrogen) atoms. The van der Waals surface area contributed by atoms with Gasteiger partial charge in [-0.1, -0.05) is 71.9 Å². The fourth-order valence-corrected chi connectivity index (χ4v) is 5.47. The first kappa shape index (κ1) is 23.9. The van der Waals surface area contributed by atoms with Crippen molar-refractivity contribution in [3.05, 3.63) is 83.4 Å². The van der Waals surface area contributed by atoms with E-state index in [2.05, 4.69) is 36.0 Å². The van der Waals surface area contributed by atoms with Crippen molar-refractivity contribution in [1.82, 2.24) is 0 Å². The summed E-state index contributed by atoms with van der Waals surface area (Å²) < 4.78 is 30.0. The van der Waals surface area contributed by atoms with E-state index in [0.717, 1.165) is 22.5 Å². The Morgan fingerprint density at radius 3 is 1.56 bits per heavy atom. The van der Waals surface area contributed by atoms with Crippen LogP contribution in [-0.4, -0.2) is 8.42 Å². The zero-order valence-electron chi connectivity index (χ0n) is 19.8. The number of benzene rings is 3. The SMILES string of the molecule is CC(C)c1cc(C(C)C)c(S(=O)(=O)Nc2ccc(Nc3ccccc3)cc2)c(C(C)C)c1. The summed E-state index contributed by atoms with van der Waals surface area (Å²) >= 11 is 0. The van der Waals surface area contributed by atoms with Gasteiger partial charge in [0.05, 0.1) is 4.90 Å². The van der Waals surface area contributed by atoms with Crippen LogP contribution >= 0.6 is 0 Å². The van der Waals surface area contributed by atoms with Crippen LogP contribution < -0.4 is 10.0 Å². The number of nitrogens with one attached hydrogen (secondary N) is 2. The summed E-state index contributed by atoms with van der Waals surface area (Å²) in [5.74, 6) is 0.518. The van der Waals surface area contributed by atoms with Crippen LogP contribution in [0.3, 0.4) is 0 Å². The smallest absolute Gasteiger partial charge is 0.262 e. The number of para-hydroxylation sites is 1. The van der Waals surface area contributed by atoms with Crippen molar-refractivity contribution in [2.45, 2.75) is 64.2 Å². The quantitative estimate of drug-likeness (QED) is 0.371. The van der Waals surface area contributed by atoms with E-state index in [-0.39, 0.29) is 11.8 Å². The van der Waals surface area contributed by atoms with Gasteiger partial charge in [-0.15, -0.1) is 0 Å². The largest absolute Gasteiger partial charge is 0.356 e. The lowest BCUT2D eigenvalue weighted by Gasteiger charge is -2.23. The zero-order chi connectivity index (χ0) is 23.5. The summed E-state index contributed by atoms with van der Waals surface area (Å²) in [7, 11) is -3.75. The van der Waals surface area contributed by atoms with Gasteiger partial charge in [0.1, 0.15) is 0 Å². The highest BCUT2D eigenvalue weighted by Crippen LogP contribution is 2.36. The molecule has 0 bridgehead atoms. The van der Waals surface area contributed by atoms with Gasteiger partial charge in [0.2, 0.25) is 0 Å². The lowest BCUT2D eigenvalue weighted by molar-refractivity contribution is 0.595. The predicted molar refractivity (Wildman–Crippen MR) is 136 cm³/mol. The molecule has 3 rings (SSSR count). The molecule has 0 aromatic heterocycles. The molecule has 0 heterocycles. The maximum atomic E-state index is 13.6. The molecule has 0 aliphatic rings. The normalized spacial score (nSPS) is 11.9. The van der Waals surface area contributed by atoms with Crippen molar-refractivity contribution >= 4 is 27.1 Å². The van der Waals surface area contributed by atoms with Gasteiger partial charge in [-0.25, -0.2) is 8.42 Å². The van der Waals surface area contributed by atoms with Crippen LogP contribution in [-0.2, 0) is 10.0 Å². The first-order chi connectivity index (χ1) is 15.1. The van der Waals surface area contributed by atoms with Crippen LogP contribution in [0.4, 0.5) is 17.1 Å². The van der Waals surface area contributed by atoms with Gasteiger partial charge in [-0.05, 0) is 70.8 Å². The van der Waals surface area contributed by atoms with Crippen LogP contribution in [0.25, 0.3) is 0 Å². The molecule has 0 fully saturated rings. The van der Waals surface area contributed by atoms with E-state index in [1.54, 1.807) is 12.1 Å². The van der Waals surface area contributed by atoms with Gasteiger partial charge in [-0.3, -0.25) is 4.72 Å². The van der Waals surface area contributed by atoms with Gasteiger partial charge >= 0.3 is 0 Å². The standard InChI is InChI=1S/C27H34N2O2S/c1-18(2)21-16-25(19(3)4)27(26(17-21)20(5)6)32(30,31)29-24-14-12-23(13-15-24)28-22-10-8-7-9-11-22/h7-20,28-29H,1-6H3. The summed E-state index contributed by atoms with van der Waals surface area (Å²) in [5.41, 5.74) is 5.33. The molecule has 2 N–H and O–H groups in total. The first-order valence-corrected chi connectivity index (χ1v) is 12.7. The molecule has 3 aromatic rings. The molecular formula is C27H34N2O2S. The highest BCUT2D eigenvalue weighted by molar-refractivity contribution is 7.92. The van der Waals surface area contributed by atoms with Crippen LogP contribution in [0, 0.1) is 0 Å². The number of anilines is 3. The third-order valence-corrected chi connectivity index (χ3v) is 7.06. The Morgan fingerprint density at radius 2 is 1.09 bits per heavy atom. The Bertz CT molecular complexity index is 1120. The van der Waals surface area contributed by atoms with Crippen molar-refractivity contribution in [1.29, 1.82) is 0 Å². The molecule has 0 amide bonds. The van der Waals surface area contributed by atoms with E-state index >= 15 is 0 Å². The summed E-state index contributed by atoms with van der Waals surface area (Å²) in [6.07, 6.45) is 0. The van der Waals surface area contributed by atoms with Crippen molar-refractivity contribution in [2.75, 3.05) is 10.0 Å². The topological polar surface area (TPSA) is 58.2 Å². The van der Waals surface area contributed by atoms with E-state index in [0.29, 0.717) is 16.5 Å². The Morgan fingerprint density at radius 1 is 0.625 bits per heavy atom. The number of sulfonamides is 1. The van der Waals surface area contributed by atoms with Gasteiger partial charge < -0.3 is 5.32 Å². The van der Waals surface area contributed by atoms with E-state index in [1.807, 2.05) is 70.2 Å². The monoisotopic (exact) mass is 450 g/mol. The first-order valence-electron chi connectivity index (χ1n) is 11.2. The van der Waals surface area contributed by atoms with Crippen LogP contribution in [0.15, 0.2) is 71.6 Å². The second-order valence-corrected chi connectivity index (χ2v) is 10.8. The summed E-state index contributed by atoms with van der Waals surface area (Å²) in [5, 5.41) is 3.31. The molecule has 0 aliphatic carbocycles. The van der Waals surface area contributed by atoms with Crippen molar-refractivity contribution in [3.63, 3.8) is 0 Å². The fraction of sp³-hybridized carbons (Fsp3) is 0.333. The molecule has 0 unspecified atom stereocenters. The van der Waals surface area contributed by atoms with E-state index in [9.17, 15) is 8.42 Å². The van der Waals surface area contributed by atoms with Gasteiger partial charge in [0.15, 0.2) is 0 Å². The third kappa shape index (κ3) is 5.52. The molecule has 0 spiro atoms. The van der Waals surface area contributed by atoms with Crippen LogP contribution in [0.5, 0.6) is 0 Å². The van der Waals surface area contributed by atoms with E-state index < -0.39 is 10.0 Å². The maximum Gasteiger partial charge on any atom is 0.262 e. The molecule has 0 aliphatic heterocycles. The third-order valence-electron chi connectivity index (χ3n) is 5.55. The molecule has 0 atom stereocenters. The maximum absolute atomic E-state index is 13.6. The number of hydrogen-bond acceptors (Lipinski definition) is 3. The van der Waals surface area contributed by atoms with Gasteiger partial charge in [-0.2, -0.15) is 0 Å². The average Bonchev–Trinajstić information content (AvgIpc) is 2.74. The Hall–Kier alpha value is -2.79. The van der Waals surface area contributed by atoms with Crippen molar-refractivity contribution in [2.24, 2.45) is 0 Å². The molecule has 170 valence electrons. The Labute approximate surface area is 193 Å². The summed E-state index contributed by atoms with van der Waals surface area (Å²) in [6, 6.07) is 21.3. The molecule has 0 saturated heterocycles. The van der Waals surface area contributed by atoms with Crippen LogP contribution in [0.2, 0.25) is 0 Å². The molecule has 0 saturated carbocycles. The molecule has 0 radical (unpaired) electrons. The second-order valence-electron chi connectivity index (χ2n) is 9.17. The van der Waals surface area contributed by atoms with Crippen molar-refractivity contribution in [3.8, 4) is 0 Å². The van der Waals surface area contributed by atoms with Crippen LogP contribution in [0.1, 0.15) is 76.0 Å². The van der Waals surface area contributed by atoms with E-state index in [4.69, 9.17) is 0 Å². The van der Waals surface area contributed by atoms with Crippen molar-refractivity contribution < 1.29 is 8.42 Å². The van der Waals surface area contributed by atoms with E-state index in [1.165, 1.54) is 5.56 Å². The van der Waals surface area contributed by atoms with Gasteiger partial charge in [0, 0.05) is 17.1 Å². The minimum atomic E-state index is -3.75. The molecule has 5 heteroatoms. The average molecular weight is 451 g/mol.